The second kappa shape index (κ2) is 7.47. The van der Waals surface area contributed by atoms with Gasteiger partial charge >= 0.3 is 0 Å². The van der Waals surface area contributed by atoms with E-state index in [2.05, 4.69) is 72.9 Å². The van der Waals surface area contributed by atoms with Crippen LogP contribution in [0.25, 0.3) is 0 Å². The molecule has 0 saturated heterocycles. The van der Waals surface area contributed by atoms with Gasteiger partial charge in [0.25, 0.3) is 0 Å². The Kier molecular flexibility index (Phi) is 7.57. The van der Waals surface area contributed by atoms with Gasteiger partial charge in [0.2, 0.25) is 0 Å². The number of benzene rings is 1. The summed E-state index contributed by atoms with van der Waals surface area (Å²) in [5.41, 5.74) is 1.41. The molecule has 1 nitrogen and oxygen atoms in total. The Morgan fingerprint density at radius 1 is 1.13 bits per heavy atom. The Labute approximate surface area is 113 Å². The van der Waals surface area contributed by atoms with E-state index in [-0.39, 0.29) is 12.4 Å². The quantitative estimate of drug-likeness (QED) is 0.775. The highest BCUT2D eigenvalue weighted by Crippen LogP contribution is 2.08. The molecule has 1 atom stereocenters. The SMILES string of the molecule is CC(C)NC(C)Cc1ccc(I)cc1.[Cl-]. The smallest absolute Gasteiger partial charge is 0.0130 e. The van der Waals surface area contributed by atoms with E-state index in [0.717, 1.165) is 6.42 Å². The number of hydrogen-bond acceptors (Lipinski definition) is 1. The molecule has 1 unspecified atom stereocenters. The maximum absolute atomic E-state index is 3.50. The summed E-state index contributed by atoms with van der Waals surface area (Å²) < 4.78 is 1.30. The van der Waals surface area contributed by atoms with Crippen LogP contribution in [0, 0.1) is 3.57 Å². The first-order valence-corrected chi connectivity index (χ1v) is 6.16. The molecule has 0 aromatic heterocycles. The van der Waals surface area contributed by atoms with Gasteiger partial charge in [0.15, 0.2) is 0 Å². The maximum atomic E-state index is 3.50. The van der Waals surface area contributed by atoms with Crippen molar-refractivity contribution in [1.29, 1.82) is 0 Å². The molecule has 1 aromatic carbocycles. The Morgan fingerprint density at radius 2 is 1.67 bits per heavy atom. The highest BCUT2D eigenvalue weighted by molar-refractivity contribution is 14.1. The molecule has 1 aromatic rings. The highest BCUT2D eigenvalue weighted by atomic mass is 127. The molecule has 0 heterocycles. The van der Waals surface area contributed by atoms with Gasteiger partial charge in [-0.2, -0.15) is 0 Å². The third-order valence-corrected chi connectivity index (χ3v) is 2.79. The fourth-order valence-electron chi connectivity index (χ4n) is 1.60. The minimum absolute atomic E-state index is 0. The van der Waals surface area contributed by atoms with Crippen LogP contribution in [0.5, 0.6) is 0 Å². The van der Waals surface area contributed by atoms with Gasteiger partial charge in [-0.05, 0) is 53.6 Å². The van der Waals surface area contributed by atoms with Crippen LogP contribution >= 0.6 is 22.6 Å². The summed E-state index contributed by atoms with van der Waals surface area (Å²) >= 11 is 2.33. The van der Waals surface area contributed by atoms with E-state index in [1.54, 1.807) is 0 Å². The van der Waals surface area contributed by atoms with Crippen molar-refractivity contribution >= 4 is 22.6 Å². The lowest BCUT2D eigenvalue weighted by Crippen LogP contribution is -3.00. The fourth-order valence-corrected chi connectivity index (χ4v) is 1.96. The number of halogens is 2. The van der Waals surface area contributed by atoms with Gasteiger partial charge < -0.3 is 17.7 Å². The molecule has 0 spiro atoms. The number of hydrogen-bond donors (Lipinski definition) is 1. The average molecular weight is 339 g/mol. The Morgan fingerprint density at radius 3 is 2.13 bits per heavy atom. The van der Waals surface area contributed by atoms with Crippen molar-refractivity contribution in [2.75, 3.05) is 0 Å². The molecular weight excluding hydrogens is 320 g/mol. The van der Waals surface area contributed by atoms with Gasteiger partial charge in [-0.1, -0.05) is 26.0 Å². The van der Waals surface area contributed by atoms with Crippen molar-refractivity contribution in [1.82, 2.24) is 5.32 Å². The molecule has 3 heteroatoms. The molecule has 0 aliphatic rings. The number of rotatable bonds is 4. The first kappa shape index (κ1) is 15.2. The molecule has 0 saturated carbocycles. The van der Waals surface area contributed by atoms with Gasteiger partial charge in [0, 0.05) is 15.7 Å². The molecule has 0 bridgehead atoms. The summed E-state index contributed by atoms with van der Waals surface area (Å²) in [6, 6.07) is 9.86. The Bertz CT molecular complexity index is 271. The van der Waals surface area contributed by atoms with E-state index in [1.807, 2.05) is 0 Å². The van der Waals surface area contributed by atoms with Crippen molar-refractivity contribution < 1.29 is 12.4 Å². The van der Waals surface area contributed by atoms with Crippen LogP contribution in [0.1, 0.15) is 26.3 Å². The molecule has 0 aliphatic carbocycles. The average Bonchev–Trinajstić information content (AvgIpc) is 2.07. The van der Waals surface area contributed by atoms with Crippen LogP contribution in [-0.2, 0) is 6.42 Å². The highest BCUT2D eigenvalue weighted by Gasteiger charge is 2.04. The van der Waals surface area contributed by atoms with Crippen LogP contribution < -0.4 is 17.7 Å². The predicted molar refractivity (Wildman–Crippen MR) is 70.6 cm³/mol. The second-order valence-electron chi connectivity index (χ2n) is 4.05. The predicted octanol–water partition coefficient (Wildman–Crippen LogP) is 0.224. The summed E-state index contributed by atoms with van der Waals surface area (Å²) in [6.07, 6.45) is 1.11. The van der Waals surface area contributed by atoms with E-state index >= 15 is 0 Å². The van der Waals surface area contributed by atoms with Crippen LogP contribution in [0.2, 0.25) is 0 Å². The molecule has 0 amide bonds. The van der Waals surface area contributed by atoms with Crippen molar-refractivity contribution in [2.24, 2.45) is 0 Å². The Balaban J connectivity index is 0.00000196. The van der Waals surface area contributed by atoms with Crippen molar-refractivity contribution in [3.8, 4) is 0 Å². The van der Waals surface area contributed by atoms with E-state index < -0.39 is 0 Å². The van der Waals surface area contributed by atoms with E-state index in [1.165, 1.54) is 9.13 Å². The number of nitrogens with one attached hydrogen (secondary N) is 1. The molecule has 1 N–H and O–H groups in total. The zero-order valence-corrected chi connectivity index (χ0v) is 12.3. The molecule has 0 fully saturated rings. The summed E-state index contributed by atoms with van der Waals surface area (Å²) in [5.74, 6) is 0. The third kappa shape index (κ3) is 6.38. The largest absolute Gasteiger partial charge is 1.00 e. The van der Waals surface area contributed by atoms with Gasteiger partial charge in [-0.25, -0.2) is 0 Å². The van der Waals surface area contributed by atoms with E-state index in [4.69, 9.17) is 0 Å². The van der Waals surface area contributed by atoms with Gasteiger partial charge in [0.1, 0.15) is 0 Å². The van der Waals surface area contributed by atoms with Gasteiger partial charge in [0.05, 0.1) is 0 Å². The first-order valence-electron chi connectivity index (χ1n) is 5.08. The maximum Gasteiger partial charge on any atom is 0.0130 e. The lowest BCUT2D eigenvalue weighted by atomic mass is 10.1. The first-order chi connectivity index (χ1) is 6.58. The zero-order valence-electron chi connectivity index (χ0n) is 9.43. The summed E-state index contributed by atoms with van der Waals surface area (Å²) in [6.45, 7) is 6.60. The lowest BCUT2D eigenvalue weighted by Gasteiger charge is -2.16. The van der Waals surface area contributed by atoms with E-state index in [0.29, 0.717) is 12.1 Å². The minimum atomic E-state index is 0. The molecule has 0 aliphatic heterocycles. The minimum Gasteiger partial charge on any atom is -1.00 e. The van der Waals surface area contributed by atoms with Crippen molar-refractivity contribution in [2.45, 2.75) is 39.3 Å². The third-order valence-electron chi connectivity index (χ3n) is 2.07. The van der Waals surface area contributed by atoms with Crippen LogP contribution in [0.15, 0.2) is 24.3 Å². The van der Waals surface area contributed by atoms with Crippen LogP contribution in [0.3, 0.4) is 0 Å². The topological polar surface area (TPSA) is 12.0 Å². The van der Waals surface area contributed by atoms with Gasteiger partial charge in [-0.3, -0.25) is 0 Å². The lowest BCUT2D eigenvalue weighted by molar-refractivity contribution is -0.00000333. The summed E-state index contributed by atoms with van der Waals surface area (Å²) in [7, 11) is 0. The summed E-state index contributed by atoms with van der Waals surface area (Å²) in [5, 5.41) is 3.50. The normalized spacial score (nSPS) is 12.3. The fraction of sp³-hybridized carbons (Fsp3) is 0.500. The van der Waals surface area contributed by atoms with Gasteiger partial charge in [-0.15, -0.1) is 0 Å². The van der Waals surface area contributed by atoms with Crippen LogP contribution in [0.4, 0.5) is 0 Å². The molecule has 0 radical (unpaired) electrons. The van der Waals surface area contributed by atoms with Crippen molar-refractivity contribution in [3.05, 3.63) is 33.4 Å². The van der Waals surface area contributed by atoms with E-state index in [9.17, 15) is 0 Å². The Hall–Kier alpha value is 0.200. The molecule has 15 heavy (non-hydrogen) atoms. The molecular formula is C12H18ClIN-. The molecule has 86 valence electrons. The van der Waals surface area contributed by atoms with Crippen molar-refractivity contribution in [3.63, 3.8) is 0 Å². The van der Waals surface area contributed by atoms with Crippen LogP contribution in [-0.4, -0.2) is 12.1 Å². The summed E-state index contributed by atoms with van der Waals surface area (Å²) in [4.78, 5) is 0. The second-order valence-corrected chi connectivity index (χ2v) is 5.30. The zero-order chi connectivity index (χ0) is 10.6. The standard InChI is InChI=1S/C12H18IN.ClH/c1-9(2)14-10(3)8-11-4-6-12(13)7-5-11;/h4-7,9-10,14H,8H2,1-3H3;1H/p-1. The monoisotopic (exact) mass is 338 g/mol. The molecule has 1 rings (SSSR count).